The monoisotopic (exact) mass is 621 g/mol. The van der Waals surface area contributed by atoms with Crippen molar-refractivity contribution in [3.8, 4) is 51.2 Å². The lowest BCUT2D eigenvalue weighted by atomic mass is 9.83. The van der Waals surface area contributed by atoms with E-state index in [-0.39, 0.29) is 0 Å². The summed E-state index contributed by atoms with van der Waals surface area (Å²) in [7, 11) is 0. The first kappa shape index (κ1) is 28.3. The van der Waals surface area contributed by atoms with Crippen molar-refractivity contribution >= 4 is 43.4 Å². The van der Waals surface area contributed by atoms with Crippen LogP contribution in [-0.4, -0.2) is 4.57 Å². The van der Waals surface area contributed by atoms with Crippen LogP contribution < -0.4 is 0 Å². The van der Waals surface area contributed by atoms with Gasteiger partial charge in [0.15, 0.2) is 0 Å². The second-order valence-electron chi connectivity index (χ2n) is 12.3. The van der Waals surface area contributed by atoms with E-state index in [1.165, 1.54) is 21.9 Å². The molecule has 9 rings (SSSR count). The molecule has 9 aromatic rings. The minimum atomic E-state index is 0.609. The van der Waals surface area contributed by atoms with Crippen molar-refractivity contribution < 1.29 is 0 Å². The topological polar surface area (TPSA) is 52.5 Å². The maximum atomic E-state index is 10.5. The summed E-state index contributed by atoms with van der Waals surface area (Å²) in [6, 6.07) is 61.4. The zero-order valence-corrected chi connectivity index (χ0v) is 26.4. The number of nitriles is 2. The van der Waals surface area contributed by atoms with Crippen LogP contribution in [-0.2, 0) is 0 Å². The minimum Gasteiger partial charge on any atom is -0.309 e. The number of hydrogen-bond donors (Lipinski definition) is 0. The number of rotatable bonds is 4. The predicted octanol–water partition coefficient (Wildman–Crippen LogP) is 11.8. The SMILES string of the molecule is N#Cc1ccc2c(c1)c1ccccc1n2-c1ccc(C#N)c(-c2ccccc2-c2c3ccccc3c(-c3ccccc3)c3ccccc23)c1. The van der Waals surface area contributed by atoms with Gasteiger partial charge in [-0.05, 0) is 91.8 Å². The van der Waals surface area contributed by atoms with Gasteiger partial charge in [0.25, 0.3) is 0 Å². The molecule has 1 heterocycles. The van der Waals surface area contributed by atoms with Gasteiger partial charge in [-0.15, -0.1) is 0 Å². The second-order valence-corrected chi connectivity index (χ2v) is 12.3. The molecule has 0 atom stereocenters. The first-order chi connectivity index (χ1) is 24.2. The van der Waals surface area contributed by atoms with Crippen LogP contribution in [0.3, 0.4) is 0 Å². The molecule has 0 radical (unpaired) electrons. The Morgan fingerprint density at radius 1 is 0.388 bits per heavy atom. The highest BCUT2D eigenvalue weighted by molar-refractivity contribution is 6.22. The summed E-state index contributed by atoms with van der Waals surface area (Å²) in [4.78, 5) is 0. The van der Waals surface area contributed by atoms with E-state index >= 15 is 0 Å². The zero-order chi connectivity index (χ0) is 32.9. The molecule has 3 heteroatoms. The van der Waals surface area contributed by atoms with Crippen LogP contribution in [0.15, 0.2) is 164 Å². The van der Waals surface area contributed by atoms with Gasteiger partial charge < -0.3 is 4.57 Å². The van der Waals surface area contributed by atoms with Gasteiger partial charge in [-0.3, -0.25) is 0 Å². The lowest BCUT2D eigenvalue weighted by molar-refractivity contribution is 1.18. The number of nitrogens with zero attached hydrogens (tertiary/aromatic N) is 3. The quantitative estimate of drug-likeness (QED) is 0.184. The van der Waals surface area contributed by atoms with E-state index in [0.717, 1.165) is 60.5 Å². The van der Waals surface area contributed by atoms with Crippen LogP contribution in [0.25, 0.3) is 82.4 Å². The molecule has 0 aliphatic rings. The average molecular weight is 622 g/mol. The first-order valence-electron chi connectivity index (χ1n) is 16.3. The average Bonchev–Trinajstić information content (AvgIpc) is 3.50. The summed E-state index contributed by atoms with van der Waals surface area (Å²) in [5, 5.41) is 26.9. The molecule has 0 unspecified atom stereocenters. The Hall–Kier alpha value is -6.94. The number of hydrogen-bond acceptors (Lipinski definition) is 2. The Kier molecular flexibility index (Phi) is 6.58. The van der Waals surface area contributed by atoms with Crippen molar-refractivity contribution in [1.82, 2.24) is 4.57 Å². The van der Waals surface area contributed by atoms with E-state index < -0.39 is 0 Å². The molecule has 1 aromatic heterocycles. The van der Waals surface area contributed by atoms with Crippen LogP contribution in [0.2, 0.25) is 0 Å². The van der Waals surface area contributed by atoms with Gasteiger partial charge in [-0.1, -0.05) is 121 Å². The Labute approximate surface area is 283 Å². The highest BCUT2D eigenvalue weighted by Crippen LogP contribution is 2.46. The zero-order valence-electron chi connectivity index (χ0n) is 26.4. The molecular formula is C46H27N3. The van der Waals surface area contributed by atoms with E-state index in [0.29, 0.717) is 11.1 Å². The molecule has 8 aromatic carbocycles. The van der Waals surface area contributed by atoms with Gasteiger partial charge in [0, 0.05) is 22.0 Å². The smallest absolute Gasteiger partial charge is 0.0998 e. The molecule has 0 amide bonds. The molecule has 0 spiro atoms. The summed E-state index contributed by atoms with van der Waals surface area (Å²) in [6.45, 7) is 0. The first-order valence-corrected chi connectivity index (χ1v) is 16.3. The lowest BCUT2D eigenvalue weighted by Crippen LogP contribution is -1.97. The molecule has 0 N–H and O–H groups in total. The minimum absolute atomic E-state index is 0.609. The second kappa shape index (κ2) is 11.4. The van der Waals surface area contributed by atoms with E-state index in [1.807, 2.05) is 42.5 Å². The summed E-state index contributed by atoms with van der Waals surface area (Å²) in [5.74, 6) is 0. The lowest BCUT2D eigenvalue weighted by Gasteiger charge is -2.20. The summed E-state index contributed by atoms with van der Waals surface area (Å²) in [5.41, 5.74) is 10.7. The van der Waals surface area contributed by atoms with Crippen molar-refractivity contribution in [3.05, 3.63) is 175 Å². The van der Waals surface area contributed by atoms with Gasteiger partial charge in [-0.25, -0.2) is 0 Å². The predicted molar refractivity (Wildman–Crippen MR) is 202 cm³/mol. The van der Waals surface area contributed by atoms with Gasteiger partial charge in [0.05, 0.1) is 34.3 Å². The highest BCUT2D eigenvalue weighted by Gasteiger charge is 2.21. The third-order valence-corrected chi connectivity index (χ3v) is 9.66. The largest absolute Gasteiger partial charge is 0.309 e. The summed E-state index contributed by atoms with van der Waals surface area (Å²) in [6.07, 6.45) is 0. The molecule has 3 nitrogen and oxygen atoms in total. The molecule has 0 bridgehead atoms. The number of aromatic nitrogens is 1. The van der Waals surface area contributed by atoms with Crippen LogP contribution >= 0.6 is 0 Å². The van der Waals surface area contributed by atoms with Gasteiger partial charge in [-0.2, -0.15) is 10.5 Å². The summed E-state index contributed by atoms with van der Waals surface area (Å²) < 4.78 is 2.23. The van der Waals surface area contributed by atoms with Crippen molar-refractivity contribution in [1.29, 1.82) is 10.5 Å². The Morgan fingerprint density at radius 2 is 0.959 bits per heavy atom. The highest BCUT2D eigenvalue weighted by atomic mass is 15.0. The summed E-state index contributed by atoms with van der Waals surface area (Å²) >= 11 is 0. The van der Waals surface area contributed by atoms with Crippen LogP contribution in [0.4, 0.5) is 0 Å². The fourth-order valence-corrected chi connectivity index (χ4v) is 7.58. The normalized spacial score (nSPS) is 11.2. The molecule has 0 aliphatic carbocycles. The van der Waals surface area contributed by atoms with Crippen molar-refractivity contribution in [2.45, 2.75) is 0 Å². The van der Waals surface area contributed by atoms with Gasteiger partial charge >= 0.3 is 0 Å². The maximum Gasteiger partial charge on any atom is 0.0998 e. The molecule has 0 saturated heterocycles. The molecule has 49 heavy (non-hydrogen) atoms. The standard InChI is InChI=1S/C46H27N3/c47-28-30-22-25-44-42(26-30)35-15-10-11-21-43(35)49(44)33-24-23-32(29-48)41(27-33)34-14-4-5-16-36(34)46-39-19-8-6-17-37(39)45(31-12-2-1-3-13-31)38-18-7-9-20-40(38)46/h1-27H. The van der Waals surface area contributed by atoms with Gasteiger partial charge in [0.2, 0.25) is 0 Å². The van der Waals surface area contributed by atoms with Crippen LogP contribution in [0, 0.1) is 22.7 Å². The Balaban J connectivity index is 1.34. The molecule has 226 valence electrons. The molecule has 0 aliphatic heterocycles. The van der Waals surface area contributed by atoms with Crippen LogP contribution in [0.5, 0.6) is 0 Å². The number of fused-ring (bicyclic) bond motifs is 5. The molecule has 0 fully saturated rings. The van der Waals surface area contributed by atoms with E-state index in [4.69, 9.17) is 0 Å². The number of benzene rings is 8. The number of para-hydroxylation sites is 1. The van der Waals surface area contributed by atoms with E-state index in [9.17, 15) is 10.5 Å². The molecular weight excluding hydrogens is 595 g/mol. The van der Waals surface area contributed by atoms with Crippen molar-refractivity contribution in [2.24, 2.45) is 0 Å². The maximum absolute atomic E-state index is 10.5. The molecule has 0 saturated carbocycles. The fourth-order valence-electron chi connectivity index (χ4n) is 7.58. The van der Waals surface area contributed by atoms with E-state index in [1.54, 1.807) is 0 Å². The van der Waals surface area contributed by atoms with Crippen molar-refractivity contribution in [2.75, 3.05) is 0 Å². The van der Waals surface area contributed by atoms with E-state index in [2.05, 4.69) is 138 Å². The Bertz CT molecular complexity index is 2790. The van der Waals surface area contributed by atoms with Crippen molar-refractivity contribution in [3.63, 3.8) is 0 Å². The third-order valence-electron chi connectivity index (χ3n) is 9.66. The van der Waals surface area contributed by atoms with Crippen LogP contribution in [0.1, 0.15) is 11.1 Å². The Morgan fingerprint density at radius 3 is 1.63 bits per heavy atom. The van der Waals surface area contributed by atoms with Gasteiger partial charge in [0.1, 0.15) is 0 Å². The fraction of sp³-hybridized carbons (Fsp3) is 0. The third kappa shape index (κ3) is 4.42.